The number of nitrogen functional groups attached to an aromatic ring is 1. The van der Waals surface area contributed by atoms with Crippen molar-refractivity contribution in [3.63, 3.8) is 0 Å². The molecule has 0 amide bonds. The Hall–Kier alpha value is -2.12. The summed E-state index contributed by atoms with van der Waals surface area (Å²) < 4.78 is 12.3. The number of furan rings is 1. The first-order valence-electron chi connectivity index (χ1n) is 6.95. The number of aldehydes is 1. The molecule has 2 aromatic rings. The third-order valence-corrected chi connectivity index (χ3v) is 3.63. The molecule has 0 saturated carbocycles. The second-order valence-corrected chi connectivity index (χ2v) is 4.92. The van der Waals surface area contributed by atoms with E-state index in [1.165, 1.54) is 0 Å². The summed E-state index contributed by atoms with van der Waals surface area (Å²) in [6.07, 6.45) is 2.28. The van der Waals surface area contributed by atoms with Crippen molar-refractivity contribution in [1.29, 1.82) is 0 Å². The third-order valence-electron chi connectivity index (χ3n) is 3.63. The van der Waals surface area contributed by atoms with Crippen molar-refractivity contribution in [1.82, 2.24) is 14.7 Å². The summed E-state index contributed by atoms with van der Waals surface area (Å²) in [4.78, 5) is 13.6. The summed E-state index contributed by atoms with van der Waals surface area (Å²) in [5, 5.41) is 4.42. The molecule has 0 aliphatic carbocycles. The first-order valence-corrected chi connectivity index (χ1v) is 6.95. The first kappa shape index (κ1) is 13.8. The topological polar surface area (TPSA) is 86.5 Å². The van der Waals surface area contributed by atoms with Crippen LogP contribution in [0.15, 0.2) is 22.8 Å². The van der Waals surface area contributed by atoms with Crippen LogP contribution in [-0.4, -0.2) is 53.8 Å². The maximum atomic E-state index is 11.3. The molecule has 0 spiro atoms. The highest BCUT2D eigenvalue weighted by Gasteiger charge is 2.19. The summed E-state index contributed by atoms with van der Waals surface area (Å²) in [5.74, 6) is 0.929. The van der Waals surface area contributed by atoms with Crippen LogP contribution in [0, 0.1) is 0 Å². The molecule has 3 rings (SSSR count). The number of nitrogens with zero attached hydrogens (tertiary/aromatic N) is 3. The lowest BCUT2D eigenvalue weighted by Gasteiger charge is -2.26. The van der Waals surface area contributed by atoms with E-state index in [1.807, 2.05) is 0 Å². The molecule has 1 saturated heterocycles. The average molecular weight is 290 g/mol. The maximum Gasteiger partial charge on any atom is 0.156 e. The smallest absolute Gasteiger partial charge is 0.156 e. The fourth-order valence-electron chi connectivity index (χ4n) is 2.43. The molecule has 1 aliphatic rings. The molecule has 2 N–H and O–H groups in total. The average Bonchev–Trinajstić information content (AvgIpc) is 3.14. The second-order valence-electron chi connectivity index (χ2n) is 4.92. The molecule has 0 bridgehead atoms. The molecule has 1 fully saturated rings. The maximum absolute atomic E-state index is 11.3. The Labute approximate surface area is 122 Å². The van der Waals surface area contributed by atoms with Crippen LogP contribution in [0.25, 0.3) is 11.5 Å². The Balaban J connectivity index is 1.77. The molecule has 1 aliphatic heterocycles. The molecular weight excluding hydrogens is 272 g/mol. The van der Waals surface area contributed by atoms with Gasteiger partial charge in [0.2, 0.25) is 0 Å². The summed E-state index contributed by atoms with van der Waals surface area (Å²) in [6, 6.07) is 3.52. The molecule has 7 heteroatoms. The minimum Gasteiger partial charge on any atom is -0.463 e. The number of hydrogen-bond acceptors (Lipinski definition) is 6. The van der Waals surface area contributed by atoms with Crippen molar-refractivity contribution in [2.75, 3.05) is 38.6 Å². The lowest BCUT2D eigenvalue weighted by atomic mass is 10.2. The molecule has 2 aromatic heterocycles. The number of anilines is 1. The van der Waals surface area contributed by atoms with Crippen LogP contribution >= 0.6 is 0 Å². The largest absolute Gasteiger partial charge is 0.463 e. The summed E-state index contributed by atoms with van der Waals surface area (Å²) in [5.41, 5.74) is 6.90. The molecule has 7 nitrogen and oxygen atoms in total. The summed E-state index contributed by atoms with van der Waals surface area (Å²) in [6.45, 7) is 4.79. The Kier molecular flexibility index (Phi) is 4.03. The molecule has 3 heterocycles. The highest BCUT2D eigenvalue weighted by molar-refractivity contribution is 5.90. The second kappa shape index (κ2) is 6.11. The van der Waals surface area contributed by atoms with Gasteiger partial charge in [0.15, 0.2) is 12.0 Å². The number of morpholine rings is 1. The van der Waals surface area contributed by atoms with Gasteiger partial charge in [0, 0.05) is 19.6 Å². The van der Waals surface area contributed by atoms with Gasteiger partial charge in [-0.05, 0) is 12.1 Å². The third kappa shape index (κ3) is 2.84. The summed E-state index contributed by atoms with van der Waals surface area (Å²) in [7, 11) is 0. The monoisotopic (exact) mass is 290 g/mol. The van der Waals surface area contributed by atoms with Crippen LogP contribution in [0.2, 0.25) is 0 Å². The lowest BCUT2D eigenvalue weighted by Crippen LogP contribution is -2.38. The predicted molar refractivity (Wildman–Crippen MR) is 77.0 cm³/mol. The highest BCUT2D eigenvalue weighted by Crippen LogP contribution is 2.26. The van der Waals surface area contributed by atoms with Gasteiger partial charge in [-0.15, -0.1) is 0 Å². The number of rotatable bonds is 5. The quantitative estimate of drug-likeness (QED) is 0.822. The molecular formula is C14H18N4O3. The number of carbonyl (C=O) groups excluding carboxylic acids is 1. The number of nitrogens with two attached hydrogens (primary N) is 1. The molecule has 0 aromatic carbocycles. The van der Waals surface area contributed by atoms with E-state index in [1.54, 1.807) is 23.1 Å². The van der Waals surface area contributed by atoms with E-state index in [9.17, 15) is 4.79 Å². The van der Waals surface area contributed by atoms with Crippen molar-refractivity contribution in [3.8, 4) is 11.5 Å². The number of ether oxygens (including phenoxy) is 1. The Morgan fingerprint density at radius 2 is 2.14 bits per heavy atom. The van der Waals surface area contributed by atoms with Crippen LogP contribution in [0.4, 0.5) is 5.82 Å². The van der Waals surface area contributed by atoms with Crippen LogP contribution < -0.4 is 5.73 Å². The zero-order valence-electron chi connectivity index (χ0n) is 11.7. The number of aromatic nitrogens is 2. The fraction of sp³-hybridized carbons (Fsp3) is 0.429. The minimum atomic E-state index is 0.379. The van der Waals surface area contributed by atoms with Gasteiger partial charge in [0.1, 0.15) is 11.5 Å². The Bertz CT molecular complexity index is 600. The zero-order chi connectivity index (χ0) is 14.7. The van der Waals surface area contributed by atoms with Gasteiger partial charge in [-0.2, -0.15) is 5.10 Å². The van der Waals surface area contributed by atoms with E-state index >= 15 is 0 Å². The molecule has 21 heavy (non-hydrogen) atoms. The SMILES string of the molecule is Nc1c(C=O)c(-c2ccco2)nn1CCN1CCOCC1. The van der Waals surface area contributed by atoms with Gasteiger partial charge >= 0.3 is 0 Å². The predicted octanol–water partition coefficient (Wildman–Crippen LogP) is 0.870. The van der Waals surface area contributed by atoms with Crippen molar-refractivity contribution in [2.45, 2.75) is 6.54 Å². The van der Waals surface area contributed by atoms with Crippen LogP contribution in [0.3, 0.4) is 0 Å². The van der Waals surface area contributed by atoms with E-state index in [4.69, 9.17) is 14.9 Å². The molecule has 0 unspecified atom stereocenters. The van der Waals surface area contributed by atoms with E-state index in [0.29, 0.717) is 29.4 Å². The van der Waals surface area contributed by atoms with E-state index in [0.717, 1.165) is 39.1 Å². The van der Waals surface area contributed by atoms with Gasteiger partial charge < -0.3 is 14.9 Å². The molecule has 0 radical (unpaired) electrons. The van der Waals surface area contributed by atoms with Crippen LogP contribution in [0.5, 0.6) is 0 Å². The van der Waals surface area contributed by atoms with Crippen LogP contribution in [0.1, 0.15) is 10.4 Å². The lowest BCUT2D eigenvalue weighted by molar-refractivity contribution is 0.0360. The minimum absolute atomic E-state index is 0.379. The van der Waals surface area contributed by atoms with E-state index < -0.39 is 0 Å². The van der Waals surface area contributed by atoms with Crippen molar-refractivity contribution >= 4 is 12.1 Å². The Morgan fingerprint density at radius 1 is 1.33 bits per heavy atom. The molecule has 112 valence electrons. The molecule has 0 atom stereocenters. The highest BCUT2D eigenvalue weighted by atomic mass is 16.5. The van der Waals surface area contributed by atoms with Gasteiger partial charge in [-0.3, -0.25) is 9.69 Å². The van der Waals surface area contributed by atoms with E-state index in [2.05, 4.69) is 10.00 Å². The normalized spacial score (nSPS) is 16.2. The van der Waals surface area contributed by atoms with Gasteiger partial charge in [0.25, 0.3) is 0 Å². The first-order chi connectivity index (χ1) is 10.3. The van der Waals surface area contributed by atoms with Gasteiger partial charge in [0.05, 0.1) is 31.6 Å². The fourth-order valence-corrected chi connectivity index (χ4v) is 2.43. The standard InChI is InChI=1S/C14H18N4O3/c15-14-11(10-19)13(12-2-1-7-21-12)16-18(14)4-3-17-5-8-20-9-6-17/h1-2,7,10H,3-6,8-9,15H2. The van der Waals surface area contributed by atoms with Gasteiger partial charge in [-0.25, -0.2) is 4.68 Å². The van der Waals surface area contributed by atoms with Crippen molar-refractivity contribution in [3.05, 3.63) is 24.0 Å². The number of carbonyl (C=O) groups is 1. The van der Waals surface area contributed by atoms with Gasteiger partial charge in [-0.1, -0.05) is 0 Å². The Morgan fingerprint density at radius 3 is 2.81 bits per heavy atom. The van der Waals surface area contributed by atoms with Crippen LogP contribution in [-0.2, 0) is 11.3 Å². The van der Waals surface area contributed by atoms with Crippen molar-refractivity contribution in [2.24, 2.45) is 0 Å². The van der Waals surface area contributed by atoms with E-state index in [-0.39, 0.29) is 0 Å². The zero-order valence-corrected chi connectivity index (χ0v) is 11.7. The summed E-state index contributed by atoms with van der Waals surface area (Å²) >= 11 is 0. The number of hydrogen-bond donors (Lipinski definition) is 1. The van der Waals surface area contributed by atoms with Crippen molar-refractivity contribution < 1.29 is 13.9 Å².